The highest BCUT2D eigenvalue weighted by atomic mass is 19.1. The Balaban J connectivity index is 1.43. The van der Waals surface area contributed by atoms with E-state index in [1.54, 1.807) is 19.2 Å². The number of benzene rings is 2. The number of likely N-dealkylation sites (tertiary alicyclic amines) is 1. The first kappa shape index (κ1) is 19.1. The van der Waals surface area contributed by atoms with Crippen molar-refractivity contribution in [3.63, 3.8) is 0 Å². The van der Waals surface area contributed by atoms with Crippen molar-refractivity contribution in [1.29, 1.82) is 0 Å². The molecule has 2 heterocycles. The van der Waals surface area contributed by atoms with Crippen LogP contribution in [0.15, 0.2) is 53.1 Å². The summed E-state index contributed by atoms with van der Waals surface area (Å²) < 4.78 is 23.8. The SMILES string of the molecule is COc1cccc(CCC(=O)N2CCCC2c2nc(-c3ccc(F)cc3)no2)c1. The van der Waals surface area contributed by atoms with Crippen LogP contribution in [0.4, 0.5) is 4.39 Å². The smallest absolute Gasteiger partial charge is 0.249 e. The number of methoxy groups -OCH3 is 1. The number of ether oxygens (including phenoxy) is 1. The molecule has 4 rings (SSSR count). The Kier molecular flexibility index (Phi) is 5.55. The fourth-order valence-corrected chi connectivity index (χ4v) is 3.63. The van der Waals surface area contributed by atoms with Gasteiger partial charge in [-0.2, -0.15) is 4.98 Å². The van der Waals surface area contributed by atoms with Gasteiger partial charge >= 0.3 is 0 Å². The third kappa shape index (κ3) is 4.29. The van der Waals surface area contributed by atoms with E-state index < -0.39 is 0 Å². The molecule has 7 heteroatoms. The third-order valence-corrected chi connectivity index (χ3v) is 5.16. The van der Waals surface area contributed by atoms with Gasteiger partial charge in [-0.15, -0.1) is 0 Å². The number of aromatic nitrogens is 2. The average Bonchev–Trinajstić information content (AvgIpc) is 3.42. The van der Waals surface area contributed by atoms with Gasteiger partial charge in [0, 0.05) is 18.5 Å². The Labute approximate surface area is 168 Å². The minimum Gasteiger partial charge on any atom is -0.497 e. The van der Waals surface area contributed by atoms with Gasteiger partial charge in [0.2, 0.25) is 17.6 Å². The molecule has 6 nitrogen and oxygen atoms in total. The van der Waals surface area contributed by atoms with Crippen molar-refractivity contribution in [3.8, 4) is 17.1 Å². The van der Waals surface area contributed by atoms with E-state index in [0.29, 0.717) is 36.7 Å². The van der Waals surface area contributed by atoms with Gasteiger partial charge in [-0.1, -0.05) is 17.3 Å². The lowest BCUT2D eigenvalue weighted by Crippen LogP contribution is -2.30. The fourth-order valence-electron chi connectivity index (χ4n) is 3.63. The van der Waals surface area contributed by atoms with E-state index in [2.05, 4.69) is 10.1 Å². The van der Waals surface area contributed by atoms with Crippen LogP contribution in [0, 0.1) is 5.82 Å². The molecule has 0 aliphatic carbocycles. The Bertz CT molecular complexity index is 987. The van der Waals surface area contributed by atoms with E-state index in [1.807, 2.05) is 29.2 Å². The zero-order chi connectivity index (χ0) is 20.2. The number of hydrogen-bond acceptors (Lipinski definition) is 5. The van der Waals surface area contributed by atoms with E-state index in [1.165, 1.54) is 12.1 Å². The van der Waals surface area contributed by atoms with Gasteiger partial charge in [0.15, 0.2) is 0 Å². The maximum absolute atomic E-state index is 13.1. The van der Waals surface area contributed by atoms with Crippen molar-refractivity contribution in [1.82, 2.24) is 15.0 Å². The Morgan fingerprint density at radius 3 is 2.90 bits per heavy atom. The second kappa shape index (κ2) is 8.43. The van der Waals surface area contributed by atoms with Crippen LogP contribution >= 0.6 is 0 Å². The summed E-state index contributed by atoms with van der Waals surface area (Å²) in [6.45, 7) is 0.676. The van der Waals surface area contributed by atoms with Crippen LogP contribution in [-0.4, -0.2) is 34.6 Å². The highest BCUT2D eigenvalue weighted by Gasteiger charge is 2.33. The molecule has 0 radical (unpaired) electrons. The van der Waals surface area contributed by atoms with E-state index >= 15 is 0 Å². The summed E-state index contributed by atoms with van der Waals surface area (Å²) in [6.07, 6.45) is 2.73. The number of aryl methyl sites for hydroxylation is 1. The molecule has 1 fully saturated rings. The average molecular weight is 395 g/mol. The van der Waals surface area contributed by atoms with Crippen molar-refractivity contribution in [2.24, 2.45) is 0 Å². The summed E-state index contributed by atoms with van der Waals surface area (Å²) in [6, 6.07) is 13.5. The normalized spacial score (nSPS) is 16.2. The van der Waals surface area contributed by atoms with Gasteiger partial charge in [0.1, 0.15) is 17.6 Å². The first-order valence-corrected chi connectivity index (χ1v) is 9.66. The Morgan fingerprint density at radius 1 is 1.28 bits per heavy atom. The molecule has 29 heavy (non-hydrogen) atoms. The van der Waals surface area contributed by atoms with Crippen LogP contribution in [0.1, 0.15) is 36.8 Å². The molecule has 0 spiro atoms. The van der Waals surface area contributed by atoms with Gasteiger partial charge in [0.25, 0.3) is 0 Å². The monoisotopic (exact) mass is 395 g/mol. The van der Waals surface area contributed by atoms with Crippen LogP contribution in [0.25, 0.3) is 11.4 Å². The summed E-state index contributed by atoms with van der Waals surface area (Å²) in [5, 5.41) is 4.01. The van der Waals surface area contributed by atoms with Crippen molar-refractivity contribution in [2.45, 2.75) is 31.7 Å². The second-order valence-corrected chi connectivity index (χ2v) is 7.06. The number of nitrogens with zero attached hydrogens (tertiary/aromatic N) is 3. The predicted molar refractivity (Wildman–Crippen MR) is 105 cm³/mol. The molecule has 1 aliphatic heterocycles. The predicted octanol–water partition coefficient (Wildman–Crippen LogP) is 4.18. The quantitative estimate of drug-likeness (QED) is 0.626. The van der Waals surface area contributed by atoms with E-state index in [4.69, 9.17) is 9.26 Å². The van der Waals surface area contributed by atoms with Gasteiger partial charge in [-0.05, 0) is 61.2 Å². The van der Waals surface area contributed by atoms with Crippen molar-refractivity contribution < 1.29 is 18.4 Å². The van der Waals surface area contributed by atoms with Crippen molar-refractivity contribution >= 4 is 5.91 Å². The van der Waals surface area contributed by atoms with Crippen LogP contribution in [0.2, 0.25) is 0 Å². The molecule has 0 saturated carbocycles. The molecule has 1 aromatic heterocycles. The van der Waals surface area contributed by atoms with Crippen molar-refractivity contribution in [3.05, 3.63) is 65.8 Å². The molecule has 1 saturated heterocycles. The van der Waals surface area contributed by atoms with Gasteiger partial charge in [-0.3, -0.25) is 4.79 Å². The topological polar surface area (TPSA) is 68.5 Å². The lowest BCUT2D eigenvalue weighted by atomic mass is 10.1. The maximum Gasteiger partial charge on any atom is 0.249 e. The molecule has 150 valence electrons. The summed E-state index contributed by atoms with van der Waals surface area (Å²) in [7, 11) is 1.63. The lowest BCUT2D eigenvalue weighted by Gasteiger charge is -2.22. The zero-order valence-corrected chi connectivity index (χ0v) is 16.2. The first-order chi connectivity index (χ1) is 14.1. The number of halogens is 1. The number of hydrogen-bond donors (Lipinski definition) is 0. The summed E-state index contributed by atoms with van der Waals surface area (Å²) >= 11 is 0. The summed E-state index contributed by atoms with van der Waals surface area (Å²) in [4.78, 5) is 19.1. The molecule has 1 amide bonds. The maximum atomic E-state index is 13.1. The van der Waals surface area contributed by atoms with Gasteiger partial charge < -0.3 is 14.2 Å². The Morgan fingerprint density at radius 2 is 2.10 bits per heavy atom. The lowest BCUT2D eigenvalue weighted by molar-refractivity contribution is -0.132. The summed E-state index contributed by atoms with van der Waals surface area (Å²) in [5.41, 5.74) is 1.74. The van der Waals surface area contributed by atoms with E-state index in [9.17, 15) is 9.18 Å². The molecule has 0 N–H and O–H groups in total. The number of carbonyl (C=O) groups is 1. The molecule has 0 bridgehead atoms. The highest BCUT2D eigenvalue weighted by Crippen LogP contribution is 2.32. The molecule has 2 aromatic carbocycles. The molecular weight excluding hydrogens is 373 g/mol. The number of rotatable bonds is 6. The first-order valence-electron chi connectivity index (χ1n) is 9.66. The number of carbonyl (C=O) groups excluding carboxylic acids is 1. The van der Waals surface area contributed by atoms with Crippen LogP contribution in [0.3, 0.4) is 0 Å². The van der Waals surface area contributed by atoms with Gasteiger partial charge in [-0.25, -0.2) is 4.39 Å². The molecule has 1 aliphatic rings. The van der Waals surface area contributed by atoms with Crippen LogP contribution in [0.5, 0.6) is 5.75 Å². The van der Waals surface area contributed by atoms with Crippen LogP contribution in [-0.2, 0) is 11.2 Å². The molecular formula is C22H22FN3O3. The highest BCUT2D eigenvalue weighted by molar-refractivity contribution is 5.77. The number of amides is 1. The minimum atomic E-state index is -0.318. The standard InChI is InChI=1S/C22H22FN3O3/c1-28-18-5-2-4-15(14-18)7-12-20(27)26-13-3-6-19(26)22-24-21(25-29-22)16-8-10-17(23)11-9-16/h2,4-5,8-11,14,19H,3,6-7,12-13H2,1H3. The minimum absolute atomic E-state index is 0.0665. The van der Waals surface area contributed by atoms with E-state index in [0.717, 1.165) is 24.2 Å². The molecule has 1 unspecified atom stereocenters. The fraction of sp³-hybridized carbons (Fsp3) is 0.318. The molecule has 3 aromatic rings. The van der Waals surface area contributed by atoms with Gasteiger partial charge in [0.05, 0.1) is 7.11 Å². The Hall–Kier alpha value is -3.22. The third-order valence-electron chi connectivity index (χ3n) is 5.16. The van der Waals surface area contributed by atoms with E-state index in [-0.39, 0.29) is 17.8 Å². The zero-order valence-electron chi connectivity index (χ0n) is 16.2. The van der Waals surface area contributed by atoms with Crippen LogP contribution < -0.4 is 4.74 Å². The molecule has 1 atom stereocenters. The van der Waals surface area contributed by atoms with Crippen molar-refractivity contribution in [2.75, 3.05) is 13.7 Å². The summed E-state index contributed by atoms with van der Waals surface area (Å²) in [5.74, 6) is 1.36. The second-order valence-electron chi connectivity index (χ2n) is 7.06. The largest absolute Gasteiger partial charge is 0.497 e.